The van der Waals surface area contributed by atoms with Crippen LogP contribution >= 0.6 is 34.0 Å². The van der Waals surface area contributed by atoms with Gasteiger partial charge in [0, 0.05) is 134 Å². The van der Waals surface area contributed by atoms with Crippen LogP contribution in [0.25, 0.3) is 63.4 Å². The van der Waals surface area contributed by atoms with Crippen molar-refractivity contribution in [3.05, 3.63) is 159 Å². The maximum atomic E-state index is 13.4. The summed E-state index contributed by atoms with van der Waals surface area (Å²) in [6, 6.07) is 38.1. The number of nitrogens with one attached hydrogen (secondary N) is 3. The molecule has 3 aliphatic heterocycles. The van der Waals surface area contributed by atoms with Gasteiger partial charge in [-0.1, -0.05) is 6.92 Å². The van der Waals surface area contributed by atoms with Crippen LogP contribution in [0.15, 0.2) is 128 Å². The summed E-state index contributed by atoms with van der Waals surface area (Å²) in [6.45, 7) is 10.4. The molecule has 21 nitrogen and oxygen atoms in total. The van der Waals surface area contributed by atoms with Crippen LogP contribution in [0.3, 0.4) is 0 Å². The molecule has 548 valence electrons. The number of aromatic nitrogens is 6. The van der Waals surface area contributed by atoms with E-state index in [0.717, 1.165) is 171 Å². The maximum absolute atomic E-state index is 13.4. The van der Waals surface area contributed by atoms with E-state index in [0.29, 0.717) is 85.3 Å². The van der Waals surface area contributed by atoms with Gasteiger partial charge < -0.3 is 40.5 Å². The van der Waals surface area contributed by atoms with Crippen molar-refractivity contribution in [2.75, 3.05) is 49.2 Å². The van der Waals surface area contributed by atoms with Crippen molar-refractivity contribution < 1.29 is 38.6 Å². The van der Waals surface area contributed by atoms with Crippen molar-refractivity contribution in [3.8, 4) is 6.07 Å². The second-order valence-corrected chi connectivity index (χ2v) is 32.9. The van der Waals surface area contributed by atoms with Crippen molar-refractivity contribution in [2.45, 2.75) is 148 Å². The number of aliphatic hydroxyl groups is 1. The molecule has 12 aromatic rings. The fourth-order valence-electron chi connectivity index (χ4n) is 15.6. The topological polar surface area (TPSA) is 255 Å². The SMILES string of the molecule is CC[C@@H]1CCCN1C(=O)c1cc2nccc(Nc3ccc4c(c3)cc(C)n4C(=O)CC3CC3)c2s1.CO[C@@H]1C[C@@H](CC#N)N(C(=O)c2cc3nccc(Nc4ccc5c(c4)cc(C)n5C(=O)CC4CC4)c3s2)C1.Cc1cc2cc(Nc3ccnc4cc(C(=O)N5CC[C@H](O)C5)sc34)ccc2n1C(=O)CC1CC1. The third kappa shape index (κ3) is 14.9. The molecular weight excluding hydrogens is 1400 g/mol. The van der Waals surface area contributed by atoms with Gasteiger partial charge in [0.1, 0.15) is 0 Å². The van der Waals surface area contributed by atoms with Gasteiger partial charge in [-0.15, -0.1) is 34.0 Å². The lowest BCUT2D eigenvalue weighted by molar-refractivity contribution is 0.0693. The molecule has 3 saturated carbocycles. The highest BCUT2D eigenvalue weighted by Gasteiger charge is 2.38. The van der Waals surface area contributed by atoms with Gasteiger partial charge in [-0.05, 0) is 218 Å². The van der Waals surface area contributed by atoms with E-state index < -0.39 is 6.10 Å². The third-order valence-corrected chi connectivity index (χ3v) is 25.2. The number of aryl methyl sites for hydroxylation is 3. The molecule has 9 aromatic heterocycles. The molecule has 3 aliphatic carbocycles. The Labute approximate surface area is 631 Å². The number of nitriles is 1. The Bertz CT molecular complexity index is 5550. The zero-order chi connectivity index (χ0) is 73.9. The second-order valence-electron chi connectivity index (χ2n) is 29.7. The maximum Gasteiger partial charge on any atom is 0.264 e. The first-order valence-electron chi connectivity index (χ1n) is 37.3. The number of β-amino-alcohol motifs (C(OH)–C–C–N with tert-alkyl or cyclic N) is 1. The second kappa shape index (κ2) is 29.9. The summed E-state index contributed by atoms with van der Waals surface area (Å²) in [4.78, 5) is 98.9. The van der Waals surface area contributed by atoms with Gasteiger partial charge in [0.2, 0.25) is 17.7 Å². The smallest absolute Gasteiger partial charge is 0.264 e. The Morgan fingerprint density at radius 2 is 0.925 bits per heavy atom. The number of thiophene rings is 3. The summed E-state index contributed by atoms with van der Waals surface area (Å²) in [5.41, 5.74) is 13.5. The van der Waals surface area contributed by atoms with Crippen LogP contribution in [0.1, 0.15) is 164 Å². The Balaban J connectivity index is 0.000000123. The minimum absolute atomic E-state index is 0.0559. The molecule has 4 atom stereocenters. The molecule has 18 rings (SSSR count). The molecular formula is C83H85N13O8S3. The lowest BCUT2D eigenvalue weighted by Crippen LogP contribution is -2.35. The van der Waals surface area contributed by atoms with E-state index >= 15 is 0 Å². The van der Waals surface area contributed by atoms with Crippen molar-refractivity contribution in [3.63, 3.8) is 0 Å². The quantitative estimate of drug-likeness (QED) is 0.0623. The number of carbonyl (C=O) groups excluding carboxylic acids is 6. The summed E-state index contributed by atoms with van der Waals surface area (Å²) >= 11 is 4.33. The number of hydrogen-bond donors (Lipinski definition) is 4. The molecule has 0 bridgehead atoms. The number of likely N-dealkylation sites (tertiary alicyclic amines) is 3. The van der Waals surface area contributed by atoms with Crippen LogP contribution in [0, 0.1) is 49.9 Å². The number of fused-ring (bicyclic) bond motifs is 6. The molecule has 107 heavy (non-hydrogen) atoms. The van der Waals surface area contributed by atoms with Crippen LogP contribution in [-0.4, -0.2) is 141 Å². The fraction of sp³-hybridized carbons (Fsp3) is 0.373. The molecule has 3 amide bonds. The number of hydrogen-bond acceptors (Lipinski definition) is 18. The zero-order valence-corrected chi connectivity index (χ0v) is 63.1. The first-order chi connectivity index (χ1) is 51.9. The van der Waals surface area contributed by atoms with Crippen molar-refractivity contribution >= 4 is 167 Å². The van der Waals surface area contributed by atoms with E-state index in [4.69, 9.17) is 4.74 Å². The highest BCUT2D eigenvalue weighted by molar-refractivity contribution is 7.22. The number of benzene rings is 3. The number of amides is 3. The number of anilines is 6. The van der Waals surface area contributed by atoms with E-state index in [9.17, 15) is 39.1 Å². The average Bonchev–Trinajstić information content (AvgIpc) is 1.66. The molecule has 0 spiro atoms. The highest BCUT2D eigenvalue weighted by Crippen LogP contribution is 2.42. The zero-order valence-electron chi connectivity index (χ0n) is 60.6. The predicted molar refractivity (Wildman–Crippen MR) is 424 cm³/mol. The number of nitrogens with zero attached hydrogens (tertiary/aromatic N) is 10. The van der Waals surface area contributed by atoms with Gasteiger partial charge in [0.25, 0.3) is 17.7 Å². The molecule has 3 aromatic carbocycles. The van der Waals surface area contributed by atoms with Gasteiger partial charge in [-0.2, -0.15) is 5.26 Å². The summed E-state index contributed by atoms with van der Waals surface area (Å²) in [5, 5.41) is 32.6. The van der Waals surface area contributed by atoms with Crippen LogP contribution < -0.4 is 16.0 Å². The number of ether oxygens (including phenoxy) is 1. The Morgan fingerprint density at radius 1 is 0.514 bits per heavy atom. The van der Waals surface area contributed by atoms with Gasteiger partial charge in [0.15, 0.2) is 0 Å². The molecule has 4 N–H and O–H groups in total. The first-order valence-corrected chi connectivity index (χ1v) is 39.8. The van der Waals surface area contributed by atoms with Gasteiger partial charge in [-0.3, -0.25) is 57.4 Å². The highest BCUT2D eigenvalue weighted by atomic mass is 32.1. The van der Waals surface area contributed by atoms with Crippen LogP contribution in [0.4, 0.5) is 34.1 Å². The molecule has 12 heterocycles. The largest absolute Gasteiger partial charge is 0.391 e. The molecule has 6 aliphatic rings. The molecule has 0 unspecified atom stereocenters. The fourth-order valence-corrected chi connectivity index (χ4v) is 18.8. The van der Waals surface area contributed by atoms with Gasteiger partial charge >= 0.3 is 0 Å². The number of rotatable bonds is 18. The lowest BCUT2D eigenvalue weighted by atomic mass is 10.1. The van der Waals surface area contributed by atoms with Gasteiger partial charge in [0.05, 0.1) is 104 Å². The van der Waals surface area contributed by atoms with E-state index in [-0.39, 0.29) is 54.0 Å². The summed E-state index contributed by atoms with van der Waals surface area (Å²) < 4.78 is 13.8. The predicted octanol–water partition coefficient (Wildman–Crippen LogP) is 17.6. The van der Waals surface area contributed by atoms with Crippen molar-refractivity contribution in [1.82, 2.24) is 43.4 Å². The van der Waals surface area contributed by atoms with Crippen LogP contribution in [0.2, 0.25) is 0 Å². The minimum atomic E-state index is -0.439. The summed E-state index contributed by atoms with van der Waals surface area (Å²) in [5.74, 6) is 2.17. The van der Waals surface area contributed by atoms with E-state index in [1.54, 1.807) is 35.5 Å². The van der Waals surface area contributed by atoms with Crippen LogP contribution in [-0.2, 0) is 4.74 Å². The standard InChI is InChI=1S/C29H29N5O3S.C28H30N4O2S.C26H26N4O3S/c1-17-11-19-13-20(5-6-25(19)34(17)27(35)12-18-3-4-18)32-23-8-10-31-24-15-26(38-28(23)24)29(36)33-16-22(37-2)14-21(33)7-9-30;1-3-21-5-4-12-31(21)28(34)25-16-23-27(35-25)22(10-11-29-23)30-20-8-9-24-19(15-20)13-17(2)32(24)26(33)14-18-6-7-18;1-15-10-17-12-18(4-5-22(17)30(15)24(32)11-16-2-3-16)28-20-6-8-27-21-13-23(34-25(20)21)26(33)29-9-7-19(31)14-29/h5-6,8,10-11,13,15,18,21-22H,3-4,7,12,14,16H2,1-2H3,(H,31,32);8-11,13,15-16,18,21H,3-7,12,14H2,1-2H3,(H,29,30);4-6,8,10,12-13,16,19,31H,2-3,7,9,11,14H2,1H3,(H,27,28)/t21-,22-;21-;19-/m110/s1. The van der Waals surface area contributed by atoms with Crippen molar-refractivity contribution in [1.29, 1.82) is 5.26 Å². The monoisotopic (exact) mass is 1490 g/mol. The van der Waals surface area contributed by atoms with Gasteiger partial charge in [-0.25, -0.2) is 0 Å². The average molecular weight is 1490 g/mol. The number of pyridine rings is 3. The van der Waals surface area contributed by atoms with E-state index in [2.05, 4.69) is 80.3 Å². The summed E-state index contributed by atoms with van der Waals surface area (Å²) in [6.07, 6.45) is 18.3. The number of carbonyl (C=O) groups is 6. The van der Waals surface area contributed by atoms with E-state index in [1.165, 1.54) is 46.9 Å². The minimum Gasteiger partial charge on any atom is -0.391 e. The number of methoxy groups -OCH3 is 1. The Hall–Kier alpha value is -10.2. The van der Waals surface area contributed by atoms with E-state index in [1.807, 2.05) is 112 Å². The first kappa shape index (κ1) is 71.1. The Morgan fingerprint density at radius 3 is 1.30 bits per heavy atom. The third-order valence-electron chi connectivity index (χ3n) is 21.7. The van der Waals surface area contributed by atoms with Crippen molar-refractivity contribution in [2.24, 2.45) is 17.8 Å². The normalized spacial score (nSPS) is 18.5. The van der Waals surface area contributed by atoms with Crippen LogP contribution in [0.5, 0.6) is 0 Å². The number of aliphatic hydroxyl groups excluding tert-OH is 1. The lowest BCUT2D eigenvalue weighted by Gasteiger charge is -2.22. The molecule has 3 saturated heterocycles. The molecule has 0 radical (unpaired) electrons. The summed E-state index contributed by atoms with van der Waals surface area (Å²) in [7, 11) is 1.64. The Kier molecular flexibility index (Phi) is 19.9. The molecule has 6 fully saturated rings. The molecule has 24 heteroatoms.